The van der Waals surface area contributed by atoms with E-state index >= 15 is 0 Å². The Morgan fingerprint density at radius 2 is 1.47 bits per heavy atom. The standard InChI is InChI=1S/C34H39N3O12/c1-33(2,3)28(38)46-22-11-7-20(8-12-22)17-44-32(42)45-19-26-43-18-24(48-26)27(49-31(41)37-25-15-16-35-30(40)36-25)21-9-13-23(14-10-21)47-29(39)34(4,5)6/h7-16,24,26-27H,17-19H2,1-6H3,(H2,35,36,37,40,41). The van der Waals surface area contributed by atoms with Crippen LogP contribution in [-0.4, -0.2) is 59.8 Å². The molecule has 1 aliphatic heterocycles. The monoisotopic (exact) mass is 681 g/mol. The number of nitrogens with zero attached hydrogens (tertiary/aromatic N) is 1. The smallest absolute Gasteiger partial charge is 0.438 e. The summed E-state index contributed by atoms with van der Waals surface area (Å²) in [5.74, 6) is -0.191. The lowest BCUT2D eigenvalue weighted by Gasteiger charge is -2.23. The summed E-state index contributed by atoms with van der Waals surface area (Å²) in [4.78, 5) is 67.0. The SMILES string of the molecule is CC(C)(C)C(=O)Oc1ccc(COC(=O)OCC2OCC(C(OC(=O)Nc3cc[nH]c(=O)n3)c3ccc(OC(=O)C(C)(C)C)cc3)O2)cc1. The zero-order chi connectivity index (χ0) is 35.8. The number of anilines is 1. The summed E-state index contributed by atoms with van der Waals surface area (Å²) in [7, 11) is 0. The molecule has 3 atom stereocenters. The third kappa shape index (κ3) is 11.1. The van der Waals surface area contributed by atoms with Crippen LogP contribution in [0.25, 0.3) is 0 Å². The lowest BCUT2D eigenvalue weighted by Crippen LogP contribution is -2.30. The molecule has 0 aliphatic carbocycles. The molecule has 1 amide bonds. The van der Waals surface area contributed by atoms with Crippen LogP contribution in [0.2, 0.25) is 0 Å². The van der Waals surface area contributed by atoms with Gasteiger partial charge in [-0.05, 0) is 83.0 Å². The first-order chi connectivity index (χ1) is 23.1. The number of benzene rings is 2. The van der Waals surface area contributed by atoms with Gasteiger partial charge in [-0.15, -0.1) is 0 Å². The molecular formula is C34H39N3O12. The molecule has 2 N–H and O–H groups in total. The van der Waals surface area contributed by atoms with Gasteiger partial charge >= 0.3 is 29.9 Å². The number of ether oxygens (including phenoxy) is 7. The van der Waals surface area contributed by atoms with Crippen molar-refractivity contribution in [3.05, 3.63) is 82.4 Å². The number of H-pyrrole nitrogens is 1. The van der Waals surface area contributed by atoms with Crippen LogP contribution in [0.5, 0.6) is 11.5 Å². The van der Waals surface area contributed by atoms with Gasteiger partial charge in [-0.1, -0.05) is 24.3 Å². The van der Waals surface area contributed by atoms with Crippen LogP contribution in [0, 0.1) is 10.8 Å². The molecule has 0 radical (unpaired) electrons. The Labute approximate surface area is 282 Å². The first-order valence-electron chi connectivity index (χ1n) is 15.3. The molecule has 4 rings (SSSR count). The summed E-state index contributed by atoms with van der Waals surface area (Å²) >= 11 is 0. The Balaban J connectivity index is 1.33. The number of amides is 1. The predicted octanol–water partition coefficient (Wildman–Crippen LogP) is 5.06. The van der Waals surface area contributed by atoms with Crippen molar-refractivity contribution >= 4 is 30.0 Å². The van der Waals surface area contributed by atoms with Crippen molar-refractivity contribution in [3.63, 3.8) is 0 Å². The highest BCUT2D eigenvalue weighted by Gasteiger charge is 2.37. The molecule has 0 bridgehead atoms. The van der Waals surface area contributed by atoms with Crippen molar-refractivity contribution in [2.24, 2.45) is 10.8 Å². The van der Waals surface area contributed by atoms with E-state index in [1.165, 1.54) is 12.3 Å². The van der Waals surface area contributed by atoms with Gasteiger partial charge in [0.1, 0.15) is 36.6 Å². The van der Waals surface area contributed by atoms with Gasteiger partial charge < -0.3 is 38.1 Å². The number of hydrogen-bond donors (Lipinski definition) is 2. The Hall–Kier alpha value is -5.28. The molecule has 15 nitrogen and oxygen atoms in total. The fourth-order valence-electron chi connectivity index (χ4n) is 3.99. The van der Waals surface area contributed by atoms with Crippen molar-refractivity contribution in [2.75, 3.05) is 18.5 Å². The van der Waals surface area contributed by atoms with Crippen molar-refractivity contribution in [1.29, 1.82) is 0 Å². The lowest BCUT2D eigenvalue weighted by molar-refractivity contribution is -0.143. The maximum Gasteiger partial charge on any atom is 0.508 e. The molecular weight excluding hydrogens is 642 g/mol. The number of hydrogen-bond acceptors (Lipinski definition) is 13. The highest BCUT2D eigenvalue weighted by atomic mass is 16.8. The largest absolute Gasteiger partial charge is 0.508 e. The van der Waals surface area contributed by atoms with Gasteiger partial charge in [0.25, 0.3) is 0 Å². The van der Waals surface area contributed by atoms with Gasteiger partial charge in [-0.3, -0.25) is 14.9 Å². The predicted molar refractivity (Wildman–Crippen MR) is 172 cm³/mol. The van der Waals surface area contributed by atoms with E-state index in [1.54, 1.807) is 90.1 Å². The van der Waals surface area contributed by atoms with Gasteiger partial charge in [0.15, 0.2) is 12.4 Å². The number of carbonyl (C=O) groups is 4. The van der Waals surface area contributed by atoms with Crippen LogP contribution in [0.1, 0.15) is 58.8 Å². The zero-order valence-electron chi connectivity index (χ0n) is 28.0. The minimum atomic E-state index is -1.04. The minimum absolute atomic E-state index is 0.0368. The number of aromatic nitrogens is 2. The first kappa shape index (κ1) is 36.6. The molecule has 262 valence electrons. The second kappa shape index (κ2) is 15.7. The van der Waals surface area contributed by atoms with Gasteiger partial charge in [0.05, 0.1) is 17.4 Å². The Morgan fingerprint density at radius 1 is 0.878 bits per heavy atom. The van der Waals surface area contributed by atoms with Crippen LogP contribution in [0.4, 0.5) is 15.4 Å². The van der Waals surface area contributed by atoms with E-state index in [-0.39, 0.29) is 37.4 Å². The first-order valence-corrected chi connectivity index (χ1v) is 15.3. The van der Waals surface area contributed by atoms with E-state index in [2.05, 4.69) is 15.3 Å². The van der Waals surface area contributed by atoms with Gasteiger partial charge in [0.2, 0.25) is 0 Å². The second-order valence-corrected chi connectivity index (χ2v) is 13.0. The highest BCUT2D eigenvalue weighted by Crippen LogP contribution is 2.31. The summed E-state index contributed by atoms with van der Waals surface area (Å²) in [5.41, 5.74) is -0.935. The van der Waals surface area contributed by atoms with Crippen LogP contribution >= 0.6 is 0 Å². The molecule has 1 fully saturated rings. The number of rotatable bonds is 10. The molecule has 49 heavy (non-hydrogen) atoms. The number of nitrogens with one attached hydrogen (secondary N) is 2. The third-order valence-corrected chi connectivity index (χ3v) is 6.72. The number of aromatic amines is 1. The minimum Gasteiger partial charge on any atom is -0.438 e. The van der Waals surface area contributed by atoms with Gasteiger partial charge in [0, 0.05) is 6.20 Å². The van der Waals surface area contributed by atoms with Gasteiger partial charge in [-0.25, -0.2) is 14.4 Å². The van der Waals surface area contributed by atoms with E-state index < -0.39 is 53.2 Å². The fourth-order valence-corrected chi connectivity index (χ4v) is 3.99. The molecule has 15 heteroatoms. The van der Waals surface area contributed by atoms with Crippen LogP contribution in [-0.2, 0) is 39.9 Å². The maximum atomic E-state index is 12.8. The summed E-state index contributed by atoms with van der Waals surface area (Å²) in [6.07, 6.45) is -3.50. The molecule has 3 unspecified atom stereocenters. The summed E-state index contributed by atoms with van der Waals surface area (Å²) in [5, 5.41) is 2.39. The molecule has 2 heterocycles. The van der Waals surface area contributed by atoms with E-state index in [9.17, 15) is 24.0 Å². The Morgan fingerprint density at radius 3 is 2.04 bits per heavy atom. The molecule has 0 spiro atoms. The molecule has 1 aromatic heterocycles. The second-order valence-electron chi connectivity index (χ2n) is 13.0. The quantitative estimate of drug-likeness (QED) is 0.214. The summed E-state index contributed by atoms with van der Waals surface area (Å²) < 4.78 is 38.3. The van der Waals surface area contributed by atoms with Crippen molar-refractivity contribution in [2.45, 2.75) is 66.6 Å². The number of esters is 2. The van der Waals surface area contributed by atoms with Crippen molar-refractivity contribution in [3.8, 4) is 11.5 Å². The molecule has 1 saturated heterocycles. The van der Waals surface area contributed by atoms with Crippen LogP contribution in [0.15, 0.2) is 65.6 Å². The van der Waals surface area contributed by atoms with Crippen LogP contribution in [0.3, 0.4) is 0 Å². The van der Waals surface area contributed by atoms with Crippen molar-refractivity contribution in [1.82, 2.24) is 9.97 Å². The average molecular weight is 682 g/mol. The topological polar surface area (TPSA) is 191 Å². The lowest BCUT2D eigenvalue weighted by atomic mass is 9.97. The summed E-state index contributed by atoms with van der Waals surface area (Å²) in [6, 6.07) is 14.1. The Bertz CT molecular complexity index is 1670. The van der Waals surface area contributed by atoms with Crippen molar-refractivity contribution < 1.29 is 52.3 Å². The van der Waals surface area contributed by atoms with Gasteiger partial charge in [-0.2, -0.15) is 4.98 Å². The molecule has 1 aliphatic rings. The number of carbonyl (C=O) groups excluding carboxylic acids is 4. The molecule has 3 aromatic rings. The third-order valence-electron chi connectivity index (χ3n) is 6.72. The van der Waals surface area contributed by atoms with E-state index in [1.807, 2.05) is 0 Å². The van der Waals surface area contributed by atoms with E-state index in [4.69, 9.17) is 33.2 Å². The summed E-state index contributed by atoms with van der Waals surface area (Å²) in [6.45, 7) is 9.97. The molecule has 0 saturated carbocycles. The highest BCUT2D eigenvalue weighted by molar-refractivity contribution is 5.83. The maximum absolute atomic E-state index is 12.8. The van der Waals surface area contributed by atoms with Crippen LogP contribution < -0.4 is 20.5 Å². The average Bonchev–Trinajstić information content (AvgIpc) is 3.50. The van der Waals surface area contributed by atoms with E-state index in [0.717, 1.165) is 0 Å². The zero-order valence-corrected chi connectivity index (χ0v) is 28.0. The Kier molecular flexibility index (Phi) is 11.7. The fraction of sp³-hybridized carbons (Fsp3) is 0.412. The van der Waals surface area contributed by atoms with E-state index in [0.29, 0.717) is 16.9 Å². The molecule has 2 aromatic carbocycles. The normalized spacial score (nSPS) is 16.6.